The highest BCUT2D eigenvalue weighted by atomic mass is 35.5. The molecule has 0 aromatic heterocycles. The first kappa shape index (κ1) is 26.0. The minimum atomic E-state index is -3.96. The van der Waals surface area contributed by atoms with Crippen molar-refractivity contribution in [2.75, 3.05) is 20.3 Å². The Bertz CT molecular complexity index is 1370. The van der Waals surface area contributed by atoms with E-state index in [4.69, 9.17) is 21.1 Å². The van der Waals surface area contributed by atoms with E-state index < -0.39 is 19.9 Å². The second-order valence-corrected chi connectivity index (χ2v) is 11.6. The van der Waals surface area contributed by atoms with Crippen LogP contribution in [-0.2, 0) is 26.3 Å². The van der Waals surface area contributed by atoms with Crippen LogP contribution < -0.4 is 14.2 Å². The highest BCUT2D eigenvalue weighted by molar-refractivity contribution is 7.91. The van der Waals surface area contributed by atoms with Gasteiger partial charge in [-0.1, -0.05) is 23.7 Å². The number of sulfonamides is 1. The number of sulfone groups is 1. The standard InChI is InChI=1S/C24H26ClNO6S2/c1-4-32-22-12-6-18(15-23(22)31-3)13-14-26-34(29,30)24-16-21(9-5-17(24)2)33(27,28)20-10-7-19(25)8-11-20/h5-12,15-16,26H,4,13-14H2,1-3H3. The van der Waals surface area contributed by atoms with Crippen LogP contribution in [0.4, 0.5) is 0 Å². The molecule has 34 heavy (non-hydrogen) atoms. The molecule has 0 fully saturated rings. The van der Waals surface area contributed by atoms with Crippen molar-refractivity contribution in [3.8, 4) is 11.5 Å². The zero-order chi connectivity index (χ0) is 24.9. The van der Waals surface area contributed by atoms with Gasteiger partial charge in [0.25, 0.3) is 0 Å². The van der Waals surface area contributed by atoms with Gasteiger partial charge in [-0.3, -0.25) is 0 Å². The summed E-state index contributed by atoms with van der Waals surface area (Å²) >= 11 is 5.85. The Morgan fingerprint density at radius 1 is 0.882 bits per heavy atom. The van der Waals surface area contributed by atoms with Crippen LogP contribution >= 0.6 is 11.6 Å². The third-order valence-electron chi connectivity index (χ3n) is 5.12. The quantitative estimate of drug-likeness (QED) is 0.422. The number of aryl methyl sites for hydroxylation is 1. The lowest BCUT2D eigenvalue weighted by molar-refractivity contribution is 0.310. The van der Waals surface area contributed by atoms with Gasteiger partial charge >= 0.3 is 0 Å². The molecule has 7 nitrogen and oxygen atoms in total. The van der Waals surface area contributed by atoms with Gasteiger partial charge in [0.15, 0.2) is 11.5 Å². The second kappa shape index (κ2) is 10.8. The number of nitrogens with one attached hydrogen (secondary N) is 1. The smallest absolute Gasteiger partial charge is 0.240 e. The van der Waals surface area contributed by atoms with Gasteiger partial charge in [-0.2, -0.15) is 0 Å². The molecule has 3 aromatic rings. The Morgan fingerprint density at radius 2 is 1.56 bits per heavy atom. The molecule has 0 unspecified atom stereocenters. The molecule has 0 atom stereocenters. The molecule has 0 aliphatic heterocycles. The van der Waals surface area contributed by atoms with Gasteiger partial charge in [0.2, 0.25) is 19.9 Å². The summed E-state index contributed by atoms with van der Waals surface area (Å²) in [7, 11) is -6.33. The minimum Gasteiger partial charge on any atom is -0.493 e. The summed E-state index contributed by atoms with van der Waals surface area (Å²) in [5, 5.41) is 0.403. The average Bonchev–Trinajstić information content (AvgIpc) is 2.80. The summed E-state index contributed by atoms with van der Waals surface area (Å²) in [6.07, 6.45) is 0.407. The largest absolute Gasteiger partial charge is 0.493 e. The maximum absolute atomic E-state index is 13.0. The van der Waals surface area contributed by atoms with E-state index in [0.29, 0.717) is 35.1 Å². The van der Waals surface area contributed by atoms with Crippen LogP contribution in [0.2, 0.25) is 5.02 Å². The fraction of sp³-hybridized carbons (Fsp3) is 0.250. The molecule has 0 aliphatic carbocycles. The van der Waals surface area contributed by atoms with E-state index >= 15 is 0 Å². The van der Waals surface area contributed by atoms with Gasteiger partial charge in [0, 0.05) is 11.6 Å². The molecule has 0 saturated carbocycles. The number of ether oxygens (including phenoxy) is 2. The SMILES string of the molecule is CCOc1ccc(CCNS(=O)(=O)c2cc(S(=O)(=O)c3ccc(Cl)cc3)ccc2C)cc1OC. The molecule has 0 radical (unpaired) electrons. The topological polar surface area (TPSA) is 98.8 Å². The van der Waals surface area contributed by atoms with Crippen molar-refractivity contribution in [1.82, 2.24) is 4.72 Å². The van der Waals surface area contributed by atoms with Crippen LogP contribution in [0.5, 0.6) is 11.5 Å². The molecule has 0 bridgehead atoms. The number of rotatable bonds is 10. The molecule has 3 rings (SSSR count). The van der Waals surface area contributed by atoms with E-state index in [1.54, 1.807) is 19.1 Å². The zero-order valence-electron chi connectivity index (χ0n) is 19.0. The highest BCUT2D eigenvalue weighted by Gasteiger charge is 2.23. The molecule has 0 aliphatic rings. The van der Waals surface area contributed by atoms with Gasteiger partial charge in [-0.05, 0) is 79.9 Å². The van der Waals surface area contributed by atoms with Crippen LogP contribution in [0.3, 0.4) is 0 Å². The fourth-order valence-electron chi connectivity index (χ4n) is 3.34. The maximum atomic E-state index is 13.0. The molecular formula is C24H26ClNO6S2. The summed E-state index contributed by atoms with van der Waals surface area (Å²) in [4.78, 5) is -0.176. The Hall–Kier alpha value is -2.59. The third-order valence-corrected chi connectivity index (χ3v) is 8.74. The van der Waals surface area contributed by atoms with Crippen molar-refractivity contribution in [3.05, 3.63) is 76.8 Å². The fourth-order valence-corrected chi connectivity index (χ4v) is 6.12. The van der Waals surface area contributed by atoms with Gasteiger partial charge < -0.3 is 9.47 Å². The van der Waals surface area contributed by atoms with E-state index in [1.807, 2.05) is 13.0 Å². The van der Waals surface area contributed by atoms with Crippen LogP contribution in [0.1, 0.15) is 18.1 Å². The number of methoxy groups -OCH3 is 1. The predicted octanol–water partition coefficient (Wildman–Crippen LogP) is 4.41. The molecule has 3 aromatic carbocycles. The minimum absolute atomic E-state index is 0.0292. The van der Waals surface area contributed by atoms with Gasteiger partial charge in [-0.15, -0.1) is 0 Å². The first-order valence-electron chi connectivity index (χ1n) is 10.5. The van der Waals surface area contributed by atoms with Gasteiger partial charge in [0.05, 0.1) is 28.4 Å². The summed E-state index contributed by atoms with van der Waals surface area (Å²) in [6.45, 7) is 4.11. The average molecular weight is 524 g/mol. The van der Waals surface area contributed by atoms with Crippen LogP contribution in [0, 0.1) is 6.92 Å². The number of benzene rings is 3. The van der Waals surface area contributed by atoms with Crippen LogP contribution in [-0.4, -0.2) is 37.1 Å². The Morgan fingerprint density at radius 3 is 2.21 bits per heavy atom. The molecule has 10 heteroatoms. The first-order chi connectivity index (χ1) is 16.1. The van der Waals surface area contributed by atoms with E-state index in [9.17, 15) is 16.8 Å². The number of halogens is 1. The van der Waals surface area contributed by atoms with Crippen molar-refractivity contribution >= 4 is 31.5 Å². The van der Waals surface area contributed by atoms with Crippen molar-refractivity contribution < 1.29 is 26.3 Å². The summed E-state index contributed by atoms with van der Waals surface area (Å²) < 4.78 is 65.4. The summed E-state index contributed by atoms with van der Waals surface area (Å²) in [6, 6.07) is 15.2. The summed E-state index contributed by atoms with van der Waals surface area (Å²) in [5.74, 6) is 1.18. The highest BCUT2D eigenvalue weighted by Crippen LogP contribution is 2.29. The van der Waals surface area contributed by atoms with Crippen molar-refractivity contribution in [3.63, 3.8) is 0 Å². The lowest BCUT2D eigenvalue weighted by atomic mass is 10.1. The summed E-state index contributed by atoms with van der Waals surface area (Å²) in [5.41, 5.74) is 1.30. The third kappa shape index (κ3) is 5.90. The van der Waals surface area contributed by atoms with E-state index in [1.165, 1.54) is 49.6 Å². The molecule has 0 spiro atoms. The van der Waals surface area contributed by atoms with Crippen molar-refractivity contribution in [2.45, 2.75) is 35.0 Å². The zero-order valence-corrected chi connectivity index (χ0v) is 21.4. The van der Waals surface area contributed by atoms with Crippen LogP contribution in [0.15, 0.2) is 75.4 Å². The Kier molecular flexibility index (Phi) is 8.25. The van der Waals surface area contributed by atoms with Crippen molar-refractivity contribution in [1.29, 1.82) is 0 Å². The van der Waals surface area contributed by atoms with Crippen LogP contribution in [0.25, 0.3) is 0 Å². The van der Waals surface area contributed by atoms with E-state index in [0.717, 1.165) is 5.56 Å². The van der Waals surface area contributed by atoms with Crippen molar-refractivity contribution in [2.24, 2.45) is 0 Å². The second-order valence-electron chi connectivity index (χ2n) is 7.45. The molecule has 1 N–H and O–H groups in total. The number of hydrogen-bond acceptors (Lipinski definition) is 6. The molecule has 182 valence electrons. The number of hydrogen-bond donors (Lipinski definition) is 1. The molecule has 0 amide bonds. The molecule has 0 saturated heterocycles. The molecular weight excluding hydrogens is 498 g/mol. The molecule has 0 heterocycles. The maximum Gasteiger partial charge on any atom is 0.240 e. The lowest BCUT2D eigenvalue weighted by Gasteiger charge is -2.13. The normalized spacial score (nSPS) is 11.9. The van der Waals surface area contributed by atoms with Gasteiger partial charge in [-0.25, -0.2) is 21.6 Å². The first-order valence-corrected chi connectivity index (χ1v) is 13.8. The van der Waals surface area contributed by atoms with E-state index in [2.05, 4.69) is 4.72 Å². The lowest BCUT2D eigenvalue weighted by Crippen LogP contribution is -2.27. The monoisotopic (exact) mass is 523 g/mol. The van der Waals surface area contributed by atoms with Gasteiger partial charge in [0.1, 0.15) is 0 Å². The Balaban J connectivity index is 1.79. The predicted molar refractivity (Wildman–Crippen MR) is 131 cm³/mol. The Labute approximate surface area is 205 Å². The van der Waals surface area contributed by atoms with E-state index in [-0.39, 0.29) is 21.2 Å².